The van der Waals surface area contributed by atoms with E-state index in [4.69, 9.17) is 0 Å². The van der Waals surface area contributed by atoms with Crippen molar-refractivity contribution in [3.63, 3.8) is 0 Å². The van der Waals surface area contributed by atoms with Crippen LogP contribution in [-0.2, 0) is 6.54 Å². The van der Waals surface area contributed by atoms with E-state index in [0.29, 0.717) is 0 Å². The summed E-state index contributed by atoms with van der Waals surface area (Å²) < 4.78 is 0. The predicted octanol–water partition coefficient (Wildman–Crippen LogP) is 2.44. The highest BCUT2D eigenvalue weighted by atomic mass is 79.9. The molecule has 0 amide bonds. The Hall–Kier alpha value is -0.410. The molecule has 0 bridgehead atoms. The Morgan fingerprint density at radius 3 is 2.86 bits per heavy atom. The molecule has 0 spiro atoms. The zero-order valence-electron chi connectivity index (χ0n) is 8.19. The molecule has 2 heterocycles. The van der Waals surface area contributed by atoms with Crippen molar-refractivity contribution >= 4 is 15.9 Å². The Bertz CT molecular complexity index is 268. The Morgan fingerprint density at radius 1 is 1.43 bits per heavy atom. The van der Waals surface area contributed by atoms with E-state index in [0.717, 1.165) is 11.4 Å². The van der Waals surface area contributed by atoms with E-state index in [-0.39, 0.29) is 0 Å². The summed E-state index contributed by atoms with van der Waals surface area (Å²) in [5, 5.41) is 0. The van der Waals surface area contributed by atoms with Crippen LogP contribution in [0.25, 0.3) is 0 Å². The smallest absolute Gasteiger partial charge is 0.0312 e. The van der Waals surface area contributed by atoms with E-state index in [1.165, 1.54) is 31.5 Å². The second-order valence-electron chi connectivity index (χ2n) is 3.81. The number of piperidine rings is 1. The summed E-state index contributed by atoms with van der Waals surface area (Å²) >= 11 is 3.66. The highest BCUT2D eigenvalue weighted by Gasteiger charge is 2.16. The monoisotopic (exact) mass is 254 g/mol. The van der Waals surface area contributed by atoms with Gasteiger partial charge in [-0.05, 0) is 37.6 Å². The van der Waals surface area contributed by atoms with Crippen molar-refractivity contribution in [3.05, 3.63) is 30.1 Å². The SMILES string of the molecule is BrC1CCN(Cc2cccnc2)CC1. The van der Waals surface area contributed by atoms with Gasteiger partial charge in [0.25, 0.3) is 0 Å². The van der Waals surface area contributed by atoms with Gasteiger partial charge in [-0.1, -0.05) is 22.0 Å². The number of likely N-dealkylation sites (tertiary alicyclic amines) is 1. The van der Waals surface area contributed by atoms with Crippen molar-refractivity contribution in [1.82, 2.24) is 9.88 Å². The number of hydrogen-bond donors (Lipinski definition) is 0. The standard InChI is InChI=1S/C11H15BrN2/c12-11-3-6-14(7-4-11)9-10-2-1-5-13-8-10/h1-2,5,8,11H,3-4,6-7,9H2. The number of rotatable bonds is 2. The minimum Gasteiger partial charge on any atom is -0.299 e. The van der Waals surface area contributed by atoms with Crippen LogP contribution in [0.5, 0.6) is 0 Å². The molecule has 0 saturated carbocycles. The second-order valence-corrected chi connectivity index (χ2v) is 5.11. The average molecular weight is 255 g/mol. The molecule has 0 aromatic carbocycles. The highest BCUT2D eigenvalue weighted by molar-refractivity contribution is 9.09. The summed E-state index contributed by atoms with van der Waals surface area (Å²) in [6.07, 6.45) is 6.31. The lowest BCUT2D eigenvalue weighted by atomic mass is 10.1. The first-order valence-corrected chi connectivity index (χ1v) is 6.01. The first-order chi connectivity index (χ1) is 6.84. The second kappa shape index (κ2) is 4.89. The number of alkyl halides is 1. The molecule has 2 nitrogen and oxygen atoms in total. The van der Waals surface area contributed by atoms with E-state index < -0.39 is 0 Å². The van der Waals surface area contributed by atoms with E-state index in [1.54, 1.807) is 0 Å². The quantitative estimate of drug-likeness (QED) is 0.754. The van der Waals surface area contributed by atoms with Crippen LogP contribution in [-0.4, -0.2) is 27.8 Å². The van der Waals surface area contributed by atoms with Crippen molar-refractivity contribution in [2.45, 2.75) is 24.2 Å². The summed E-state index contributed by atoms with van der Waals surface area (Å²) in [5.41, 5.74) is 1.32. The number of nitrogens with zero attached hydrogens (tertiary/aromatic N) is 2. The first-order valence-electron chi connectivity index (χ1n) is 5.10. The maximum Gasteiger partial charge on any atom is 0.0312 e. The fourth-order valence-electron chi connectivity index (χ4n) is 1.81. The van der Waals surface area contributed by atoms with Crippen molar-refractivity contribution in [2.24, 2.45) is 0 Å². The third-order valence-electron chi connectivity index (χ3n) is 2.65. The van der Waals surface area contributed by atoms with Gasteiger partial charge in [-0.25, -0.2) is 0 Å². The van der Waals surface area contributed by atoms with Gasteiger partial charge in [0, 0.05) is 23.8 Å². The lowest BCUT2D eigenvalue weighted by Gasteiger charge is -2.29. The van der Waals surface area contributed by atoms with Crippen LogP contribution in [0.15, 0.2) is 24.5 Å². The van der Waals surface area contributed by atoms with Crippen LogP contribution in [0.1, 0.15) is 18.4 Å². The van der Waals surface area contributed by atoms with Crippen LogP contribution >= 0.6 is 15.9 Å². The molecule has 0 atom stereocenters. The lowest BCUT2D eigenvalue weighted by Crippen LogP contribution is -2.33. The molecular weight excluding hydrogens is 240 g/mol. The van der Waals surface area contributed by atoms with Gasteiger partial charge >= 0.3 is 0 Å². The molecule has 0 aliphatic carbocycles. The molecule has 1 aliphatic heterocycles. The molecular formula is C11H15BrN2. The summed E-state index contributed by atoms with van der Waals surface area (Å²) in [7, 11) is 0. The minimum absolute atomic E-state index is 0.729. The van der Waals surface area contributed by atoms with Crippen LogP contribution in [0.4, 0.5) is 0 Å². The number of aromatic nitrogens is 1. The molecule has 0 unspecified atom stereocenters. The predicted molar refractivity (Wildman–Crippen MR) is 61.5 cm³/mol. The molecule has 14 heavy (non-hydrogen) atoms. The van der Waals surface area contributed by atoms with Crippen LogP contribution < -0.4 is 0 Å². The molecule has 0 N–H and O–H groups in total. The molecule has 3 heteroatoms. The molecule has 1 fully saturated rings. The third-order valence-corrected chi connectivity index (χ3v) is 3.56. The Labute approximate surface area is 93.5 Å². The third kappa shape index (κ3) is 2.79. The zero-order chi connectivity index (χ0) is 9.80. The molecule has 1 aromatic heterocycles. The van der Waals surface area contributed by atoms with Gasteiger partial charge < -0.3 is 0 Å². The number of halogens is 1. The fourth-order valence-corrected chi connectivity index (χ4v) is 2.22. The Balaban J connectivity index is 1.87. The molecule has 1 aromatic rings. The minimum atomic E-state index is 0.729. The largest absolute Gasteiger partial charge is 0.299 e. The van der Waals surface area contributed by atoms with Crippen LogP contribution in [0.2, 0.25) is 0 Å². The fraction of sp³-hybridized carbons (Fsp3) is 0.545. The molecule has 1 saturated heterocycles. The van der Waals surface area contributed by atoms with Gasteiger partial charge in [0.2, 0.25) is 0 Å². The molecule has 0 radical (unpaired) electrons. The lowest BCUT2D eigenvalue weighted by molar-refractivity contribution is 0.226. The van der Waals surface area contributed by atoms with Gasteiger partial charge in [0.15, 0.2) is 0 Å². The van der Waals surface area contributed by atoms with Gasteiger partial charge in [-0.3, -0.25) is 9.88 Å². The van der Waals surface area contributed by atoms with E-state index in [1.807, 2.05) is 18.5 Å². The van der Waals surface area contributed by atoms with Crippen LogP contribution in [0, 0.1) is 0 Å². The van der Waals surface area contributed by atoms with Crippen molar-refractivity contribution in [2.75, 3.05) is 13.1 Å². The number of pyridine rings is 1. The van der Waals surface area contributed by atoms with Crippen molar-refractivity contribution in [3.8, 4) is 0 Å². The van der Waals surface area contributed by atoms with Crippen LogP contribution in [0.3, 0.4) is 0 Å². The van der Waals surface area contributed by atoms with Gasteiger partial charge in [0.1, 0.15) is 0 Å². The average Bonchev–Trinajstić information content (AvgIpc) is 2.23. The topological polar surface area (TPSA) is 16.1 Å². The normalized spacial score (nSPS) is 19.8. The van der Waals surface area contributed by atoms with Gasteiger partial charge in [0.05, 0.1) is 0 Å². The molecule has 1 aliphatic rings. The van der Waals surface area contributed by atoms with E-state index in [9.17, 15) is 0 Å². The molecule has 2 rings (SSSR count). The Kier molecular flexibility index (Phi) is 3.54. The maximum atomic E-state index is 4.13. The Morgan fingerprint density at radius 2 is 2.21 bits per heavy atom. The zero-order valence-corrected chi connectivity index (χ0v) is 9.78. The first kappa shape index (κ1) is 10.1. The van der Waals surface area contributed by atoms with E-state index in [2.05, 4.69) is 31.9 Å². The van der Waals surface area contributed by atoms with E-state index >= 15 is 0 Å². The summed E-state index contributed by atoms with van der Waals surface area (Å²) in [6.45, 7) is 3.45. The van der Waals surface area contributed by atoms with Crippen molar-refractivity contribution in [1.29, 1.82) is 0 Å². The summed E-state index contributed by atoms with van der Waals surface area (Å²) in [4.78, 5) is 7.35. The highest BCUT2D eigenvalue weighted by Crippen LogP contribution is 2.18. The van der Waals surface area contributed by atoms with Gasteiger partial charge in [-0.15, -0.1) is 0 Å². The number of hydrogen-bond acceptors (Lipinski definition) is 2. The maximum absolute atomic E-state index is 4.13. The summed E-state index contributed by atoms with van der Waals surface area (Å²) in [5.74, 6) is 0. The summed E-state index contributed by atoms with van der Waals surface area (Å²) in [6, 6.07) is 4.15. The molecule has 76 valence electrons. The van der Waals surface area contributed by atoms with Gasteiger partial charge in [-0.2, -0.15) is 0 Å². The van der Waals surface area contributed by atoms with Crippen molar-refractivity contribution < 1.29 is 0 Å².